The lowest BCUT2D eigenvalue weighted by Crippen LogP contribution is -2.45. The summed E-state index contributed by atoms with van der Waals surface area (Å²) in [5.41, 5.74) is 2.16. The van der Waals surface area contributed by atoms with Gasteiger partial charge in [-0.1, -0.05) is 42.5 Å². The number of ether oxygens (including phenoxy) is 1. The molecular weight excluding hydrogens is 428 g/mol. The van der Waals surface area contributed by atoms with Crippen molar-refractivity contribution in [1.82, 2.24) is 19.8 Å². The normalized spacial score (nSPS) is 17.7. The molecule has 7 nitrogen and oxygen atoms in total. The molecule has 0 saturated heterocycles. The number of nitrogens with one attached hydrogen (secondary N) is 1. The zero-order valence-corrected chi connectivity index (χ0v) is 19.7. The van der Waals surface area contributed by atoms with Crippen molar-refractivity contribution in [2.24, 2.45) is 0 Å². The van der Waals surface area contributed by atoms with Gasteiger partial charge in [-0.3, -0.25) is 9.59 Å². The quantitative estimate of drug-likeness (QED) is 0.633. The number of carbonyl (C=O) groups is 2. The van der Waals surface area contributed by atoms with Gasteiger partial charge in [0.05, 0.1) is 24.1 Å². The summed E-state index contributed by atoms with van der Waals surface area (Å²) in [7, 11) is 0. The van der Waals surface area contributed by atoms with Gasteiger partial charge < -0.3 is 19.5 Å². The smallest absolute Gasteiger partial charge is 0.272 e. The van der Waals surface area contributed by atoms with Gasteiger partial charge in [-0.25, -0.2) is 4.98 Å². The Kier molecular flexibility index (Phi) is 7.96. The number of hydrogen-bond donors (Lipinski definition) is 1. The molecule has 34 heavy (non-hydrogen) atoms. The maximum atomic E-state index is 13.5. The first-order valence-electron chi connectivity index (χ1n) is 12.0. The molecule has 1 atom stereocenters. The largest absolute Gasteiger partial charge is 0.491 e. The van der Waals surface area contributed by atoms with Crippen LogP contribution in [-0.2, 0) is 6.42 Å². The highest BCUT2D eigenvalue weighted by atomic mass is 16.5. The molecule has 1 aliphatic rings. The second kappa shape index (κ2) is 11.5. The minimum Gasteiger partial charge on any atom is -0.491 e. The molecule has 178 valence electrons. The topological polar surface area (TPSA) is 78.5 Å². The first kappa shape index (κ1) is 23.5. The summed E-state index contributed by atoms with van der Waals surface area (Å²) < 4.78 is 6.28. The summed E-state index contributed by atoms with van der Waals surface area (Å²) in [6.07, 6.45) is 6.41. The van der Waals surface area contributed by atoms with E-state index in [0.29, 0.717) is 43.1 Å². The molecule has 3 aromatic rings. The molecule has 0 spiro atoms. The van der Waals surface area contributed by atoms with E-state index >= 15 is 0 Å². The van der Waals surface area contributed by atoms with Crippen LogP contribution in [0.4, 0.5) is 0 Å². The monoisotopic (exact) mass is 460 g/mol. The second-order valence-corrected chi connectivity index (χ2v) is 8.56. The molecule has 1 N–H and O–H groups in total. The molecule has 0 bridgehead atoms. The van der Waals surface area contributed by atoms with Crippen LogP contribution >= 0.6 is 0 Å². The summed E-state index contributed by atoms with van der Waals surface area (Å²) in [6.45, 7) is 4.23. The zero-order valence-electron chi connectivity index (χ0n) is 19.7. The van der Waals surface area contributed by atoms with Gasteiger partial charge >= 0.3 is 0 Å². The number of para-hydroxylation sites is 1. The number of aromatic nitrogens is 2. The molecule has 2 heterocycles. The number of benzene rings is 2. The Bertz CT molecular complexity index is 1070. The standard InChI is InChI=1S/C27H32N4O3/c1-2-30-15-9-4-10-16-31(27(33)24-18-28-20-29-24)22(17-21-11-5-3-6-12-21)19-34-25-14-8-7-13-23(25)26(30)32/h3,5-8,11-14,18,20,22H,2,4,9-10,15-17,19H2,1H3,(H,28,29)/t22-/m0/s1. The molecule has 2 aromatic carbocycles. The minimum atomic E-state index is -0.204. The molecule has 0 saturated carbocycles. The highest BCUT2D eigenvalue weighted by molar-refractivity contribution is 5.97. The number of amides is 2. The predicted octanol–water partition coefficient (Wildman–Crippen LogP) is 4.19. The van der Waals surface area contributed by atoms with Crippen LogP contribution in [0.1, 0.15) is 52.6 Å². The highest BCUT2D eigenvalue weighted by Gasteiger charge is 2.28. The molecule has 1 aromatic heterocycles. The van der Waals surface area contributed by atoms with Crippen molar-refractivity contribution in [2.45, 2.75) is 38.6 Å². The number of fused-ring (bicyclic) bond motifs is 1. The number of hydrogen-bond acceptors (Lipinski definition) is 4. The number of imidazole rings is 1. The fraction of sp³-hybridized carbons (Fsp3) is 0.370. The van der Waals surface area contributed by atoms with Gasteiger partial charge in [-0.05, 0) is 50.3 Å². The third kappa shape index (κ3) is 5.65. The van der Waals surface area contributed by atoms with E-state index in [4.69, 9.17) is 4.74 Å². The zero-order chi connectivity index (χ0) is 23.8. The SMILES string of the molecule is CCN1CCCCCN(C(=O)c2cnc[nH]2)[C@@H](Cc2ccccc2)COc2ccccc2C1=O. The summed E-state index contributed by atoms with van der Waals surface area (Å²) in [4.78, 5) is 37.5. The number of carbonyl (C=O) groups excluding carboxylic acids is 2. The number of H-pyrrole nitrogens is 1. The van der Waals surface area contributed by atoms with E-state index in [1.165, 1.54) is 6.33 Å². The fourth-order valence-electron chi connectivity index (χ4n) is 4.41. The highest BCUT2D eigenvalue weighted by Crippen LogP contribution is 2.23. The van der Waals surface area contributed by atoms with Crippen LogP contribution in [0.25, 0.3) is 0 Å². The van der Waals surface area contributed by atoms with E-state index in [0.717, 1.165) is 24.8 Å². The van der Waals surface area contributed by atoms with Crippen molar-refractivity contribution in [2.75, 3.05) is 26.2 Å². The maximum Gasteiger partial charge on any atom is 0.272 e. The lowest BCUT2D eigenvalue weighted by molar-refractivity contribution is 0.0600. The van der Waals surface area contributed by atoms with E-state index in [9.17, 15) is 9.59 Å². The lowest BCUT2D eigenvalue weighted by Gasteiger charge is -2.32. The first-order valence-corrected chi connectivity index (χ1v) is 12.0. The summed E-state index contributed by atoms with van der Waals surface area (Å²) in [5, 5.41) is 0. The molecule has 0 aliphatic carbocycles. The van der Waals surface area contributed by atoms with Crippen LogP contribution in [0.5, 0.6) is 5.75 Å². The Morgan fingerprint density at radius 3 is 2.59 bits per heavy atom. The van der Waals surface area contributed by atoms with E-state index in [-0.39, 0.29) is 24.5 Å². The van der Waals surface area contributed by atoms with E-state index < -0.39 is 0 Å². The summed E-state index contributed by atoms with van der Waals surface area (Å²) in [6, 6.07) is 17.3. The Morgan fingerprint density at radius 2 is 1.82 bits per heavy atom. The summed E-state index contributed by atoms with van der Waals surface area (Å²) in [5.74, 6) is 0.455. The van der Waals surface area contributed by atoms with Crippen LogP contribution in [0.2, 0.25) is 0 Å². The molecule has 0 fully saturated rings. The van der Waals surface area contributed by atoms with Crippen molar-refractivity contribution < 1.29 is 14.3 Å². The van der Waals surface area contributed by atoms with Gasteiger partial charge in [-0.2, -0.15) is 0 Å². The Hall–Kier alpha value is -3.61. The number of aromatic amines is 1. The lowest BCUT2D eigenvalue weighted by atomic mass is 10.0. The van der Waals surface area contributed by atoms with Crippen LogP contribution in [-0.4, -0.2) is 63.9 Å². The summed E-state index contributed by atoms with van der Waals surface area (Å²) >= 11 is 0. The van der Waals surface area contributed by atoms with Crippen molar-refractivity contribution >= 4 is 11.8 Å². The van der Waals surface area contributed by atoms with E-state index in [2.05, 4.69) is 22.1 Å². The fourth-order valence-corrected chi connectivity index (χ4v) is 4.41. The third-order valence-corrected chi connectivity index (χ3v) is 6.29. The van der Waals surface area contributed by atoms with Crippen LogP contribution < -0.4 is 4.74 Å². The van der Waals surface area contributed by atoms with Gasteiger partial charge in [0.25, 0.3) is 11.8 Å². The molecule has 7 heteroatoms. The maximum absolute atomic E-state index is 13.5. The average molecular weight is 461 g/mol. The molecule has 2 amide bonds. The van der Waals surface area contributed by atoms with Gasteiger partial charge in [0.1, 0.15) is 18.1 Å². The Balaban J connectivity index is 1.67. The van der Waals surface area contributed by atoms with Gasteiger partial charge in [0, 0.05) is 19.6 Å². The van der Waals surface area contributed by atoms with Gasteiger partial charge in [0.2, 0.25) is 0 Å². The molecule has 0 radical (unpaired) electrons. The van der Waals surface area contributed by atoms with Crippen molar-refractivity contribution in [3.8, 4) is 5.75 Å². The number of nitrogens with zero attached hydrogens (tertiary/aromatic N) is 3. The van der Waals surface area contributed by atoms with Crippen LogP contribution in [0.15, 0.2) is 67.1 Å². The Morgan fingerprint density at radius 1 is 1.06 bits per heavy atom. The molecule has 1 aliphatic heterocycles. The molecule has 0 unspecified atom stereocenters. The third-order valence-electron chi connectivity index (χ3n) is 6.29. The Labute approximate surface area is 200 Å². The van der Waals surface area contributed by atoms with Crippen LogP contribution in [0, 0.1) is 0 Å². The van der Waals surface area contributed by atoms with Gasteiger partial charge in [0.15, 0.2) is 0 Å². The van der Waals surface area contributed by atoms with Crippen molar-refractivity contribution in [1.29, 1.82) is 0 Å². The number of rotatable bonds is 4. The van der Waals surface area contributed by atoms with E-state index in [1.54, 1.807) is 6.20 Å². The van der Waals surface area contributed by atoms with Gasteiger partial charge in [-0.15, -0.1) is 0 Å². The first-order chi connectivity index (χ1) is 16.7. The van der Waals surface area contributed by atoms with Crippen molar-refractivity contribution in [3.05, 3.63) is 83.9 Å². The van der Waals surface area contributed by atoms with E-state index in [1.807, 2.05) is 59.2 Å². The van der Waals surface area contributed by atoms with Crippen molar-refractivity contribution in [3.63, 3.8) is 0 Å². The minimum absolute atomic E-state index is 0.0117. The van der Waals surface area contributed by atoms with Crippen LogP contribution in [0.3, 0.4) is 0 Å². The second-order valence-electron chi connectivity index (χ2n) is 8.56. The average Bonchev–Trinajstić information content (AvgIpc) is 3.41. The predicted molar refractivity (Wildman–Crippen MR) is 131 cm³/mol. The molecule has 4 rings (SSSR count). The molecular formula is C27H32N4O3.